The summed E-state index contributed by atoms with van der Waals surface area (Å²) in [6.07, 6.45) is 9.58. The zero-order chi connectivity index (χ0) is 19.5. The third-order valence-corrected chi connectivity index (χ3v) is 9.17. The van der Waals surface area contributed by atoms with Crippen molar-refractivity contribution in [2.45, 2.75) is 81.5 Å². The van der Waals surface area contributed by atoms with E-state index in [0.29, 0.717) is 24.9 Å². The Bertz CT molecular complexity index is 881. The number of benzene rings is 1. The molecule has 4 aliphatic rings. The largest absolute Gasteiger partial charge is 0.332 e. The van der Waals surface area contributed by atoms with Crippen molar-refractivity contribution in [1.82, 2.24) is 9.62 Å². The fourth-order valence-corrected chi connectivity index (χ4v) is 7.36. The van der Waals surface area contributed by atoms with E-state index in [-0.39, 0.29) is 0 Å². The molecular weight excluding hydrogens is 374 g/mol. The Balaban J connectivity index is 1.33. The van der Waals surface area contributed by atoms with E-state index in [2.05, 4.69) is 28.1 Å². The Morgan fingerprint density at radius 3 is 2.14 bits per heavy atom. The smallest absolute Gasteiger partial charge is 0.307 e. The highest BCUT2D eigenvalue weighted by atomic mass is 32.2. The van der Waals surface area contributed by atoms with Gasteiger partial charge in [-0.1, -0.05) is 6.07 Å². The molecule has 2 N–H and O–H groups in total. The molecule has 2 heterocycles. The van der Waals surface area contributed by atoms with E-state index in [1.807, 2.05) is 0 Å². The zero-order valence-corrected chi connectivity index (χ0v) is 17.3. The van der Waals surface area contributed by atoms with Gasteiger partial charge in [-0.2, -0.15) is 0 Å². The lowest BCUT2D eigenvalue weighted by Crippen LogP contribution is -2.49. The summed E-state index contributed by atoms with van der Waals surface area (Å²) in [7, 11) is -1.58. The molecule has 0 spiro atoms. The number of piperidine rings is 1. The number of amides is 2. The van der Waals surface area contributed by atoms with Gasteiger partial charge < -0.3 is 10.2 Å². The summed E-state index contributed by atoms with van der Waals surface area (Å²) in [6.45, 7) is 0. The van der Waals surface area contributed by atoms with Crippen LogP contribution >= 0.6 is 0 Å². The normalized spacial score (nSPS) is 28.8. The Morgan fingerprint density at radius 2 is 1.57 bits per heavy atom. The number of hydrogen-bond acceptors (Lipinski definition) is 4. The van der Waals surface area contributed by atoms with Crippen LogP contribution < -0.4 is 10.0 Å². The summed E-state index contributed by atoms with van der Waals surface area (Å²) in [5.41, 5.74) is 5.96. The molecule has 0 radical (unpaired) electrons. The first kappa shape index (κ1) is 18.4. The second-order valence-corrected chi connectivity index (χ2v) is 10.9. The highest BCUT2D eigenvalue weighted by Gasteiger charge is 2.43. The minimum Gasteiger partial charge on any atom is -0.307 e. The van der Waals surface area contributed by atoms with Crippen molar-refractivity contribution in [2.24, 2.45) is 0 Å². The standard InChI is InChI=1S/C21H29N3O3S/c1-24-15-8-9-16(24)12-17(11-15)28(26,27)23-21(25)22-20-18-6-2-4-13(18)10-14-5-3-7-19(14)20/h10,15-17H,2-9,11-12H2,1H3,(H2,22,23,25)/t15-,16+,17?. The van der Waals surface area contributed by atoms with Crippen molar-refractivity contribution in [3.63, 3.8) is 0 Å². The first-order chi connectivity index (χ1) is 13.4. The van der Waals surface area contributed by atoms with E-state index in [1.54, 1.807) is 0 Å². The number of anilines is 1. The summed E-state index contributed by atoms with van der Waals surface area (Å²) < 4.78 is 28.1. The molecule has 2 aliphatic carbocycles. The summed E-state index contributed by atoms with van der Waals surface area (Å²) in [5.74, 6) is 0. The fraction of sp³-hybridized carbons (Fsp3) is 0.667. The predicted octanol–water partition coefficient (Wildman–Crippen LogP) is 2.74. The minimum absolute atomic E-state index is 0.323. The van der Waals surface area contributed by atoms with Gasteiger partial charge in [-0.25, -0.2) is 17.9 Å². The molecule has 28 heavy (non-hydrogen) atoms. The molecule has 6 nitrogen and oxygen atoms in total. The molecular formula is C21H29N3O3S. The molecule has 2 amide bonds. The van der Waals surface area contributed by atoms with Crippen molar-refractivity contribution in [3.8, 4) is 0 Å². The lowest BCUT2D eigenvalue weighted by atomic mass is 9.99. The summed E-state index contributed by atoms with van der Waals surface area (Å²) in [4.78, 5) is 15.0. The van der Waals surface area contributed by atoms with Crippen molar-refractivity contribution < 1.29 is 13.2 Å². The number of fused-ring (bicyclic) bond motifs is 4. The first-order valence-corrected chi connectivity index (χ1v) is 12.2. The highest BCUT2D eigenvalue weighted by Crippen LogP contribution is 2.39. The number of rotatable bonds is 3. The molecule has 2 fully saturated rings. The molecule has 1 aromatic carbocycles. The predicted molar refractivity (Wildman–Crippen MR) is 109 cm³/mol. The molecule has 0 aromatic heterocycles. The number of sulfonamides is 1. The van der Waals surface area contributed by atoms with Crippen LogP contribution in [0.25, 0.3) is 0 Å². The maximum atomic E-state index is 12.9. The molecule has 0 saturated carbocycles. The number of nitrogens with zero attached hydrogens (tertiary/aromatic N) is 1. The van der Waals surface area contributed by atoms with Gasteiger partial charge in [0.1, 0.15) is 0 Å². The van der Waals surface area contributed by atoms with Crippen LogP contribution in [0.15, 0.2) is 6.07 Å². The number of carbonyl (C=O) groups excluding carboxylic acids is 1. The SMILES string of the molecule is CN1[C@@H]2CC[C@H]1CC(S(=O)(=O)NC(=O)Nc1c3c(cc4c1CCC4)CCC3)C2. The summed E-state index contributed by atoms with van der Waals surface area (Å²) >= 11 is 0. The van der Waals surface area contributed by atoms with Crippen LogP contribution in [0.4, 0.5) is 10.5 Å². The third-order valence-electron chi connectivity index (χ3n) is 7.44. The van der Waals surface area contributed by atoms with E-state index in [0.717, 1.165) is 57.1 Å². The van der Waals surface area contributed by atoms with Gasteiger partial charge in [-0.05, 0) is 93.5 Å². The Morgan fingerprint density at radius 1 is 1.00 bits per heavy atom. The molecule has 5 rings (SSSR count). The van der Waals surface area contributed by atoms with Gasteiger partial charge in [0.25, 0.3) is 0 Å². The van der Waals surface area contributed by atoms with Crippen LogP contribution in [0.2, 0.25) is 0 Å². The second kappa shape index (κ2) is 6.73. The van der Waals surface area contributed by atoms with Crippen molar-refractivity contribution in [1.29, 1.82) is 0 Å². The number of hydrogen-bond donors (Lipinski definition) is 2. The Kier molecular flexibility index (Phi) is 4.43. The van der Waals surface area contributed by atoms with Gasteiger partial charge in [0, 0.05) is 17.8 Å². The number of carbonyl (C=O) groups is 1. The van der Waals surface area contributed by atoms with E-state index in [1.165, 1.54) is 22.3 Å². The van der Waals surface area contributed by atoms with Crippen LogP contribution in [0.1, 0.15) is 60.8 Å². The average molecular weight is 404 g/mol. The molecule has 3 atom stereocenters. The molecule has 1 aromatic rings. The lowest BCUT2D eigenvalue weighted by Gasteiger charge is -2.35. The van der Waals surface area contributed by atoms with E-state index in [4.69, 9.17) is 0 Å². The second-order valence-electron chi connectivity index (χ2n) is 8.98. The quantitative estimate of drug-likeness (QED) is 0.813. The Labute approximate surface area is 167 Å². The molecule has 7 heteroatoms. The highest BCUT2D eigenvalue weighted by molar-refractivity contribution is 7.90. The van der Waals surface area contributed by atoms with Crippen LogP contribution in [-0.2, 0) is 35.7 Å². The maximum absolute atomic E-state index is 12.9. The van der Waals surface area contributed by atoms with Gasteiger partial charge in [-0.3, -0.25) is 0 Å². The molecule has 2 aliphatic heterocycles. The van der Waals surface area contributed by atoms with Gasteiger partial charge in [-0.15, -0.1) is 0 Å². The number of aryl methyl sites for hydroxylation is 2. The van der Waals surface area contributed by atoms with E-state index in [9.17, 15) is 13.2 Å². The zero-order valence-electron chi connectivity index (χ0n) is 16.5. The lowest BCUT2D eigenvalue weighted by molar-refractivity contribution is 0.180. The van der Waals surface area contributed by atoms with Gasteiger partial charge in [0.2, 0.25) is 10.0 Å². The average Bonchev–Trinajstić information content (AvgIpc) is 3.32. The van der Waals surface area contributed by atoms with Crippen LogP contribution in [0, 0.1) is 0 Å². The maximum Gasteiger partial charge on any atom is 0.332 e. The van der Waals surface area contributed by atoms with Crippen LogP contribution in [0.3, 0.4) is 0 Å². The molecule has 2 saturated heterocycles. The van der Waals surface area contributed by atoms with E-state index < -0.39 is 21.3 Å². The van der Waals surface area contributed by atoms with Crippen molar-refractivity contribution in [3.05, 3.63) is 28.3 Å². The van der Waals surface area contributed by atoms with Gasteiger partial charge in [0.05, 0.1) is 5.25 Å². The number of nitrogens with one attached hydrogen (secondary N) is 2. The minimum atomic E-state index is -3.67. The molecule has 2 bridgehead atoms. The topological polar surface area (TPSA) is 78.5 Å². The molecule has 152 valence electrons. The monoisotopic (exact) mass is 403 g/mol. The van der Waals surface area contributed by atoms with E-state index >= 15 is 0 Å². The number of urea groups is 1. The Hall–Kier alpha value is -1.60. The van der Waals surface area contributed by atoms with Crippen LogP contribution in [0.5, 0.6) is 0 Å². The summed E-state index contributed by atoms with van der Waals surface area (Å²) in [6, 6.07) is 2.35. The molecule has 1 unspecified atom stereocenters. The van der Waals surface area contributed by atoms with Crippen LogP contribution in [-0.4, -0.2) is 43.7 Å². The first-order valence-electron chi connectivity index (χ1n) is 10.6. The van der Waals surface area contributed by atoms with Gasteiger partial charge in [0.15, 0.2) is 0 Å². The summed E-state index contributed by atoms with van der Waals surface area (Å²) in [5, 5.41) is 2.47. The van der Waals surface area contributed by atoms with Crippen molar-refractivity contribution in [2.75, 3.05) is 12.4 Å². The fourth-order valence-electron chi connectivity index (χ4n) is 5.93. The van der Waals surface area contributed by atoms with Gasteiger partial charge >= 0.3 is 6.03 Å². The van der Waals surface area contributed by atoms with Crippen molar-refractivity contribution >= 4 is 21.7 Å². The third kappa shape index (κ3) is 3.03.